The van der Waals surface area contributed by atoms with Gasteiger partial charge in [-0.1, -0.05) is 49.4 Å². The van der Waals surface area contributed by atoms with E-state index in [1.807, 2.05) is 12.4 Å². The van der Waals surface area contributed by atoms with Gasteiger partial charge < -0.3 is 4.74 Å². The maximum absolute atomic E-state index is 7.24. The Morgan fingerprint density at radius 1 is 1.06 bits per heavy atom. The van der Waals surface area contributed by atoms with Crippen LogP contribution in [0.2, 0.25) is 0 Å². The number of nitrogens with zero attached hydrogens (tertiary/aromatic N) is 2. The maximum atomic E-state index is 7.24. The van der Waals surface area contributed by atoms with E-state index in [1.165, 1.54) is 27.9 Å². The third kappa shape index (κ3) is 2.23. The summed E-state index contributed by atoms with van der Waals surface area (Å²) in [6.45, 7) is 6.81. The monoisotopic (exact) mass is 408 g/mol. The number of hydrogen-bond acceptors (Lipinski definition) is 3. The Morgan fingerprint density at radius 2 is 1.94 bits per heavy atom. The Bertz CT molecular complexity index is 1250. The smallest absolute Gasteiger partial charge is 0.0981 e. The van der Waals surface area contributed by atoms with Gasteiger partial charge in [0.2, 0.25) is 0 Å². The predicted molar refractivity (Wildman–Crippen MR) is 123 cm³/mol. The van der Waals surface area contributed by atoms with E-state index in [0.29, 0.717) is 5.92 Å². The highest BCUT2D eigenvalue weighted by atomic mass is 16.5. The van der Waals surface area contributed by atoms with Crippen LogP contribution in [0.4, 0.5) is 0 Å². The van der Waals surface area contributed by atoms with Crippen molar-refractivity contribution in [3.63, 3.8) is 0 Å². The van der Waals surface area contributed by atoms with Crippen LogP contribution in [0.25, 0.3) is 16.3 Å². The van der Waals surface area contributed by atoms with Crippen LogP contribution in [0.15, 0.2) is 72.1 Å². The van der Waals surface area contributed by atoms with E-state index >= 15 is 0 Å². The highest BCUT2D eigenvalue weighted by Crippen LogP contribution is 2.67. The van der Waals surface area contributed by atoms with Gasteiger partial charge in [0, 0.05) is 28.5 Å². The number of ether oxygens (including phenoxy) is 1. The van der Waals surface area contributed by atoms with Gasteiger partial charge in [-0.05, 0) is 66.9 Å². The molecule has 1 saturated carbocycles. The molecule has 2 aliphatic heterocycles. The molecule has 1 saturated heterocycles. The molecule has 1 unspecified atom stereocenters. The number of rotatable bonds is 1. The molecule has 4 atom stereocenters. The van der Waals surface area contributed by atoms with Crippen molar-refractivity contribution in [3.05, 3.63) is 77.7 Å². The minimum atomic E-state index is -0.130. The average molecular weight is 409 g/mol. The molecule has 2 spiro atoms. The Kier molecular flexibility index (Phi) is 3.40. The Morgan fingerprint density at radius 3 is 2.84 bits per heavy atom. The van der Waals surface area contributed by atoms with Crippen LogP contribution in [0, 0.1) is 11.3 Å². The van der Waals surface area contributed by atoms with Crippen LogP contribution in [-0.4, -0.2) is 21.4 Å². The normalized spacial score (nSPS) is 38.2. The van der Waals surface area contributed by atoms with Gasteiger partial charge in [-0.2, -0.15) is 10.2 Å². The first-order valence-electron chi connectivity index (χ1n) is 11.7. The van der Waals surface area contributed by atoms with Crippen molar-refractivity contribution in [2.24, 2.45) is 11.3 Å². The molecular weight excluding hydrogens is 380 g/mol. The number of allylic oxidation sites excluding steroid dienone is 3. The van der Waals surface area contributed by atoms with Crippen LogP contribution < -0.4 is 0 Å². The van der Waals surface area contributed by atoms with Crippen molar-refractivity contribution in [3.8, 4) is 0 Å². The summed E-state index contributed by atoms with van der Waals surface area (Å²) in [6, 6.07) is 6.74. The van der Waals surface area contributed by atoms with Gasteiger partial charge in [0.15, 0.2) is 0 Å². The summed E-state index contributed by atoms with van der Waals surface area (Å²) in [5.41, 5.74) is 7.06. The van der Waals surface area contributed by atoms with Crippen LogP contribution in [0.5, 0.6) is 0 Å². The molecule has 5 aliphatic rings. The summed E-state index contributed by atoms with van der Waals surface area (Å²) in [5.74, 6) is 0.494. The third-order valence-corrected chi connectivity index (χ3v) is 9.07. The zero-order valence-corrected chi connectivity index (χ0v) is 18.2. The fraction of sp³-hybridized carbons (Fsp3) is 0.429. The topological polar surface area (TPSA) is 35.0 Å². The Balaban J connectivity index is 1.32. The van der Waals surface area contributed by atoms with E-state index < -0.39 is 0 Å². The first kappa shape index (κ1) is 18.1. The quantitative estimate of drug-likeness (QED) is 0.517. The highest BCUT2D eigenvalue weighted by molar-refractivity contribution is 5.86. The molecule has 0 radical (unpaired) electrons. The molecule has 2 aromatic rings. The van der Waals surface area contributed by atoms with Gasteiger partial charge in [-0.15, -0.1) is 0 Å². The van der Waals surface area contributed by atoms with E-state index in [2.05, 4.69) is 60.1 Å². The molecule has 3 heteroatoms. The van der Waals surface area contributed by atoms with Crippen molar-refractivity contribution >= 4 is 16.3 Å². The van der Waals surface area contributed by atoms with Crippen LogP contribution >= 0.6 is 0 Å². The van der Waals surface area contributed by atoms with Crippen molar-refractivity contribution in [1.29, 1.82) is 0 Å². The number of aromatic nitrogens is 2. The van der Waals surface area contributed by atoms with Crippen molar-refractivity contribution in [2.75, 3.05) is 0 Å². The SMILES string of the molecule is C=C1CCC2=CC3=CCC4(C)C(c5ccc6cnncc6c5)=CC[C@H]4[C@@]34CC[C@]2(C1)O4. The zero-order valence-electron chi connectivity index (χ0n) is 18.2. The second kappa shape index (κ2) is 5.83. The lowest BCUT2D eigenvalue weighted by molar-refractivity contribution is -0.123. The van der Waals surface area contributed by atoms with Gasteiger partial charge in [0.25, 0.3) is 0 Å². The number of hydrogen-bond donors (Lipinski definition) is 0. The van der Waals surface area contributed by atoms with E-state index in [0.717, 1.165) is 55.7 Å². The molecule has 0 N–H and O–H groups in total. The molecule has 3 aliphatic carbocycles. The lowest BCUT2D eigenvalue weighted by Crippen LogP contribution is -2.53. The second-order valence-corrected chi connectivity index (χ2v) is 10.6. The third-order valence-electron chi connectivity index (χ3n) is 9.07. The maximum Gasteiger partial charge on any atom is 0.0981 e. The zero-order chi connectivity index (χ0) is 20.8. The minimum Gasteiger partial charge on any atom is -0.359 e. The van der Waals surface area contributed by atoms with Crippen LogP contribution in [-0.2, 0) is 4.74 Å². The Hall–Kier alpha value is -2.52. The molecule has 3 heterocycles. The molecule has 2 bridgehead atoms. The lowest BCUT2D eigenvalue weighted by atomic mass is 9.58. The minimum absolute atomic E-state index is 0.0741. The number of benzene rings is 1. The summed E-state index contributed by atoms with van der Waals surface area (Å²) < 4.78 is 7.24. The molecule has 1 aromatic heterocycles. The van der Waals surface area contributed by atoms with E-state index in [9.17, 15) is 0 Å². The first-order chi connectivity index (χ1) is 15.0. The van der Waals surface area contributed by atoms with E-state index in [4.69, 9.17) is 4.74 Å². The summed E-state index contributed by atoms with van der Waals surface area (Å²) in [7, 11) is 0. The molecular formula is C28H28N2O. The second-order valence-electron chi connectivity index (χ2n) is 10.6. The molecule has 31 heavy (non-hydrogen) atoms. The summed E-state index contributed by atoms with van der Waals surface area (Å²) in [4.78, 5) is 0. The largest absolute Gasteiger partial charge is 0.359 e. The summed E-state index contributed by atoms with van der Waals surface area (Å²) in [6.07, 6.45) is 19.0. The van der Waals surface area contributed by atoms with Gasteiger partial charge in [-0.25, -0.2) is 0 Å². The van der Waals surface area contributed by atoms with Gasteiger partial charge in [0.1, 0.15) is 0 Å². The molecule has 7 rings (SSSR count). The standard InChI is InChI=1S/C28H28N2O/c1-18-3-6-22-14-23-9-10-26(2)24(19-4-5-20-16-29-30-17-21(20)13-19)7-8-25(26)28(23)12-11-27(22,15-18)31-28/h4-5,7,9,13-14,16-17,25H,1,3,6,8,10-12,15H2,2H3/t25-,26?,27-,28-/m1/s1. The van der Waals surface area contributed by atoms with Crippen LogP contribution in [0.1, 0.15) is 57.4 Å². The molecule has 2 fully saturated rings. The van der Waals surface area contributed by atoms with Gasteiger partial charge in [0.05, 0.1) is 23.6 Å². The van der Waals surface area contributed by atoms with Crippen molar-refractivity contribution in [1.82, 2.24) is 10.2 Å². The van der Waals surface area contributed by atoms with Crippen LogP contribution in [0.3, 0.4) is 0 Å². The first-order valence-corrected chi connectivity index (χ1v) is 11.7. The summed E-state index contributed by atoms with van der Waals surface area (Å²) in [5, 5.41) is 10.4. The molecule has 3 nitrogen and oxygen atoms in total. The predicted octanol–water partition coefficient (Wildman–Crippen LogP) is 6.34. The molecule has 156 valence electrons. The average Bonchev–Trinajstić information content (AvgIpc) is 3.28. The fourth-order valence-corrected chi connectivity index (χ4v) is 7.54. The molecule has 1 aromatic carbocycles. The Labute approximate surface area is 183 Å². The summed E-state index contributed by atoms with van der Waals surface area (Å²) >= 11 is 0. The molecule has 0 amide bonds. The van der Waals surface area contributed by atoms with Crippen molar-refractivity contribution in [2.45, 2.75) is 63.1 Å². The van der Waals surface area contributed by atoms with Gasteiger partial charge >= 0.3 is 0 Å². The van der Waals surface area contributed by atoms with E-state index in [1.54, 1.807) is 0 Å². The van der Waals surface area contributed by atoms with E-state index in [-0.39, 0.29) is 16.6 Å². The highest BCUT2D eigenvalue weighted by Gasteiger charge is 2.64. The van der Waals surface area contributed by atoms with Gasteiger partial charge in [-0.3, -0.25) is 0 Å². The number of fused-ring (bicyclic) bond motifs is 2. The van der Waals surface area contributed by atoms with Crippen molar-refractivity contribution < 1.29 is 4.74 Å². The fourth-order valence-electron chi connectivity index (χ4n) is 7.54. The lowest BCUT2D eigenvalue weighted by Gasteiger charge is -2.53.